The quantitative estimate of drug-likeness (QED) is 0.346. The summed E-state index contributed by atoms with van der Waals surface area (Å²) in [5.74, 6) is 0.618. The first-order chi connectivity index (χ1) is 16.2. The Bertz CT molecular complexity index is 1580. The zero-order valence-corrected chi connectivity index (χ0v) is 18.0. The molecule has 0 amide bonds. The summed E-state index contributed by atoms with van der Waals surface area (Å²) in [4.78, 5) is 21.9. The molecule has 0 aliphatic carbocycles. The van der Waals surface area contributed by atoms with E-state index >= 15 is 0 Å². The maximum absolute atomic E-state index is 5.22. The Labute approximate surface area is 188 Å². The van der Waals surface area contributed by atoms with Crippen molar-refractivity contribution in [1.82, 2.24) is 35.1 Å². The zero-order valence-electron chi connectivity index (χ0n) is 18.0. The Morgan fingerprint density at radius 3 is 2.70 bits per heavy atom. The van der Waals surface area contributed by atoms with E-state index in [1.165, 1.54) is 0 Å². The van der Waals surface area contributed by atoms with Gasteiger partial charge in [0.1, 0.15) is 16.7 Å². The van der Waals surface area contributed by atoms with Gasteiger partial charge < -0.3 is 14.7 Å². The number of rotatable bonds is 5. The van der Waals surface area contributed by atoms with Crippen molar-refractivity contribution in [2.24, 2.45) is 0 Å². The van der Waals surface area contributed by atoms with Gasteiger partial charge in [-0.1, -0.05) is 0 Å². The molecule has 0 saturated carbocycles. The normalized spacial score (nSPS) is 11.6. The van der Waals surface area contributed by atoms with Crippen molar-refractivity contribution in [2.75, 3.05) is 5.32 Å². The molecule has 3 N–H and O–H groups in total. The molecule has 33 heavy (non-hydrogen) atoms. The van der Waals surface area contributed by atoms with E-state index in [0.29, 0.717) is 17.6 Å². The van der Waals surface area contributed by atoms with E-state index in [1.807, 2.05) is 42.7 Å². The van der Waals surface area contributed by atoms with Crippen molar-refractivity contribution in [3.8, 4) is 34.0 Å². The molecule has 0 aliphatic heterocycles. The van der Waals surface area contributed by atoms with Crippen LogP contribution < -0.4 is 5.32 Å². The number of nitrogens with one attached hydrogen (secondary N) is 3. The molecule has 6 heterocycles. The second-order valence-corrected chi connectivity index (χ2v) is 8.08. The van der Waals surface area contributed by atoms with Crippen LogP contribution in [0, 0.1) is 0 Å². The van der Waals surface area contributed by atoms with Crippen LogP contribution in [0.5, 0.6) is 0 Å². The molecule has 0 atom stereocenters. The Kier molecular flexibility index (Phi) is 4.39. The first-order valence-corrected chi connectivity index (χ1v) is 10.6. The fourth-order valence-corrected chi connectivity index (χ4v) is 3.88. The Hall–Kier alpha value is -4.53. The van der Waals surface area contributed by atoms with Crippen LogP contribution in [0.4, 0.5) is 5.69 Å². The van der Waals surface area contributed by atoms with Gasteiger partial charge in [0.25, 0.3) is 0 Å². The number of H-pyrrole nitrogens is 2. The van der Waals surface area contributed by atoms with E-state index in [2.05, 4.69) is 44.3 Å². The van der Waals surface area contributed by atoms with Gasteiger partial charge in [0.15, 0.2) is 11.5 Å². The summed E-state index contributed by atoms with van der Waals surface area (Å²) in [5, 5.41) is 10.9. The predicted octanol–water partition coefficient (Wildman–Crippen LogP) is 5.04. The molecule has 9 heteroatoms. The number of imidazole rings is 1. The second-order valence-electron chi connectivity index (χ2n) is 8.08. The number of aromatic amines is 2. The summed E-state index contributed by atoms with van der Waals surface area (Å²) >= 11 is 0. The highest BCUT2D eigenvalue weighted by molar-refractivity contribution is 5.94. The van der Waals surface area contributed by atoms with Crippen LogP contribution in [0.25, 0.3) is 56.1 Å². The lowest BCUT2D eigenvalue weighted by Gasteiger charge is -2.10. The number of furan rings is 1. The Morgan fingerprint density at radius 2 is 1.85 bits per heavy atom. The van der Waals surface area contributed by atoms with Crippen molar-refractivity contribution in [3.05, 3.63) is 61.4 Å². The van der Waals surface area contributed by atoms with Crippen LogP contribution in [0.3, 0.4) is 0 Å². The lowest BCUT2D eigenvalue weighted by atomic mass is 10.1. The Morgan fingerprint density at radius 1 is 0.939 bits per heavy atom. The smallest absolute Gasteiger partial charge is 0.161 e. The summed E-state index contributed by atoms with van der Waals surface area (Å²) in [6.07, 6.45) is 8.65. The third kappa shape index (κ3) is 3.39. The first kappa shape index (κ1) is 19.2. The maximum atomic E-state index is 5.22. The largest absolute Gasteiger partial charge is 0.472 e. The van der Waals surface area contributed by atoms with Crippen molar-refractivity contribution >= 4 is 27.8 Å². The minimum atomic E-state index is 0.312. The molecule has 162 valence electrons. The first-order valence-electron chi connectivity index (χ1n) is 10.6. The molecule has 0 aromatic carbocycles. The molecule has 0 unspecified atom stereocenters. The lowest BCUT2D eigenvalue weighted by Crippen LogP contribution is -2.09. The Balaban J connectivity index is 1.45. The highest BCUT2D eigenvalue weighted by atomic mass is 16.3. The average Bonchev–Trinajstić information content (AvgIpc) is 3.57. The number of nitrogens with zero attached hydrogens (tertiary/aromatic N) is 5. The van der Waals surface area contributed by atoms with Crippen molar-refractivity contribution in [2.45, 2.75) is 19.9 Å². The van der Waals surface area contributed by atoms with Gasteiger partial charge >= 0.3 is 0 Å². The standard InChI is InChI=1S/C24H20N8O/c1-13(2)27-16-9-15(10-25-11-16)17-3-4-19-22(28-17)23(32-31-19)24-29-18-5-7-26-20(21(18)30-24)14-6-8-33-12-14/h3-13,27H,1-2H3,(H,29,30)(H,31,32). The van der Waals surface area contributed by atoms with Crippen molar-refractivity contribution in [3.63, 3.8) is 0 Å². The summed E-state index contributed by atoms with van der Waals surface area (Å²) in [5.41, 5.74) is 8.11. The predicted molar refractivity (Wildman–Crippen MR) is 126 cm³/mol. The number of hydrogen-bond donors (Lipinski definition) is 3. The monoisotopic (exact) mass is 436 g/mol. The van der Waals surface area contributed by atoms with E-state index in [-0.39, 0.29) is 0 Å². The lowest BCUT2D eigenvalue weighted by molar-refractivity contribution is 0.568. The van der Waals surface area contributed by atoms with E-state index < -0.39 is 0 Å². The molecule has 0 fully saturated rings. The van der Waals surface area contributed by atoms with Crippen LogP contribution in [-0.2, 0) is 0 Å². The molecule has 0 radical (unpaired) electrons. The van der Waals surface area contributed by atoms with Gasteiger partial charge in [-0.25, -0.2) is 9.97 Å². The molecule has 6 aromatic rings. The number of fused-ring (bicyclic) bond motifs is 2. The minimum absolute atomic E-state index is 0.312. The maximum Gasteiger partial charge on any atom is 0.161 e. The number of aromatic nitrogens is 7. The number of pyridine rings is 3. The van der Waals surface area contributed by atoms with Crippen LogP contribution in [-0.4, -0.2) is 41.2 Å². The van der Waals surface area contributed by atoms with Gasteiger partial charge in [0.05, 0.1) is 34.9 Å². The molecule has 0 aliphatic rings. The molecule has 0 saturated heterocycles. The molecule has 0 bridgehead atoms. The fraction of sp³-hybridized carbons (Fsp3) is 0.125. The van der Waals surface area contributed by atoms with Gasteiger partial charge in [-0.05, 0) is 44.2 Å². The summed E-state index contributed by atoms with van der Waals surface area (Å²) in [6, 6.07) is 10.0. The molecule has 6 aromatic heterocycles. The minimum Gasteiger partial charge on any atom is -0.472 e. The summed E-state index contributed by atoms with van der Waals surface area (Å²) in [7, 11) is 0. The van der Waals surface area contributed by atoms with Crippen molar-refractivity contribution < 1.29 is 4.42 Å². The zero-order chi connectivity index (χ0) is 22.4. The van der Waals surface area contributed by atoms with Crippen LogP contribution in [0.15, 0.2) is 65.9 Å². The average molecular weight is 436 g/mol. The summed E-state index contributed by atoms with van der Waals surface area (Å²) in [6.45, 7) is 4.19. The van der Waals surface area contributed by atoms with E-state index in [4.69, 9.17) is 14.4 Å². The number of anilines is 1. The van der Waals surface area contributed by atoms with Gasteiger partial charge in [-0.2, -0.15) is 5.10 Å². The second kappa shape index (κ2) is 7.56. The van der Waals surface area contributed by atoms with E-state index in [0.717, 1.165) is 50.3 Å². The third-order valence-corrected chi connectivity index (χ3v) is 5.32. The number of hydrogen-bond acceptors (Lipinski definition) is 7. The van der Waals surface area contributed by atoms with Gasteiger partial charge in [0, 0.05) is 35.8 Å². The summed E-state index contributed by atoms with van der Waals surface area (Å²) < 4.78 is 5.22. The van der Waals surface area contributed by atoms with Gasteiger partial charge in [0.2, 0.25) is 0 Å². The SMILES string of the molecule is CC(C)Nc1cncc(-c2ccc3[nH]nc(-c4nc5c(-c6ccoc6)nccc5[nH]4)c3n2)c1. The van der Waals surface area contributed by atoms with Gasteiger partial charge in [-0.15, -0.1) is 0 Å². The van der Waals surface area contributed by atoms with E-state index in [9.17, 15) is 0 Å². The highest BCUT2D eigenvalue weighted by Gasteiger charge is 2.17. The highest BCUT2D eigenvalue weighted by Crippen LogP contribution is 2.31. The van der Waals surface area contributed by atoms with Crippen LogP contribution in [0.1, 0.15) is 13.8 Å². The molecular weight excluding hydrogens is 416 g/mol. The molecule has 6 rings (SSSR count). The fourth-order valence-electron chi connectivity index (χ4n) is 3.88. The molecule has 9 nitrogen and oxygen atoms in total. The van der Waals surface area contributed by atoms with Crippen LogP contribution in [0.2, 0.25) is 0 Å². The van der Waals surface area contributed by atoms with Crippen molar-refractivity contribution in [1.29, 1.82) is 0 Å². The van der Waals surface area contributed by atoms with Gasteiger partial charge in [-0.3, -0.25) is 15.1 Å². The molecular formula is C24H20N8O. The molecule has 0 spiro atoms. The third-order valence-electron chi connectivity index (χ3n) is 5.32. The van der Waals surface area contributed by atoms with E-state index in [1.54, 1.807) is 18.7 Å². The topological polar surface area (TPSA) is 121 Å². The van der Waals surface area contributed by atoms with Crippen LogP contribution >= 0.6 is 0 Å².